The third kappa shape index (κ3) is 5.94. The first-order valence-corrected chi connectivity index (χ1v) is 7.34. The lowest BCUT2D eigenvalue weighted by Gasteiger charge is -2.01. The summed E-state index contributed by atoms with van der Waals surface area (Å²) in [6, 6.07) is 0. The van der Waals surface area contributed by atoms with Gasteiger partial charge in [-0.25, -0.2) is 0 Å². The minimum Gasteiger partial charge on any atom is -0.427 e. The smallest absolute Gasteiger partial charge is 0.427 e. The van der Waals surface area contributed by atoms with Gasteiger partial charge in [-0.05, 0) is 23.7 Å². The van der Waals surface area contributed by atoms with E-state index in [0.717, 1.165) is 5.71 Å². The van der Waals surface area contributed by atoms with E-state index in [2.05, 4.69) is 4.67 Å². The molecule has 5 nitrogen and oxygen atoms in total. The van der Waals surface area contributed by atoms with Gasteiger partial charge in [-0.1, -0.05) is 26.8 Å². The highest BCUT2D eigenvalue weighted by Gasteiger charge is 2.22. The van der Waals surface area contributed by atoms with Crippen LogP contribution in [-0.2, 0) is 19.1 Å². The molecule has 0 fully saturated rings. The highest BCUT2D eigenvalue weighted by Crippen LogP contribution is 2.04. The van der Waals surface area contributed by atoms with Gasteiger partial charge in [0.05, 0.1) is 18.4 Å². The maximum atomic E-state index is 11.5. The Hall–Kier alpha value is -2.39. The van der Waals surface area contributed by atoms with E-state index in [-0.39, 0.29) is 17.9 Å². The summed E-state index contributed by atoms with van der Waals surface area (Å²) in [6.07, 6.45) is 9.63. The first-order valence-electron chi connectivity index (χ1n) is 7.34. The van der Waals surface area contributed by atoms with Crippen LogP contribution in [0.4, 0.5) is 0 Å². The Labute approximate surface area is 130 Å². The minimum absolute atomic E-state index is 0.189. The molecule has 1 heterocycles. The van der Waals surface area contributed by atoms with Crippen molar-refractivity contribution in [1.29, 1.82) is 0 Å². The van der Waals surface area contributed by atoms with Crippen molar-refractivity contribution in [1.82, 2.24) is 4.67 Å². The fraction of sp³-hybridized carbons (Fsp3) is 0.412. The number of rotatable bonds is 6. The number of allylic oxidation sites excluding steroid dienone is 4. The maximum absolute atomic E-state index is 11.5. The zero-order chi connectivity index (χ0) is 16.5. The SMILES string of the molecule is C/C=C(\C=C/CC1=[N+]=C(OC(=O)C(C)C)C=C1)OC(=O)CC. The molecular formula is C17H22NO4+. The predicted octanol–water partition coefficient (Wildman–Crippen LogP) is 2.47. The van der Waals surface area contributed by atoms with Gasteiger partial charge in [-0.3, -0.25) is 9.59 Å². The number of nitrogens with zero attached hydrogens (tertiary/aromatic N) is 1. The van der Waals surface area contributed by atoms with Crippen LogP contribution >= 0.6 is 0 Å². The van der Waals surface area contributed by atoms with Gasteiger partial charge in [0.15, 0.2) is 0 Å². The number of hydrogen-bond donors (Lipinski definition) is 0. The molecule has 0 aromatic rings. The van der Waals surface area contributed by atoms with Gasteiger partial charge < -0.3 is 9.47 Å². The molecule has 1 rings (SSSR count). The summed E-state index contributed by atoms with van der Waals surface area (Å²) in [6.45, 7) is 7.08. The molecule has 0 aromatic carbocycles. The monoisotopic (exact) mass is 304 g/mol. The standard InChI is InChI=1S/C17H22NO4/c1-5-14(21-16(19)6-2)9-7-8-13-10-11-15(18-13)22-17(20)12(3)4/h5,7,9-12H,6,8H2,1-4H3/q+1/b9-7-,14-5+. The molecule has 0 saturated heterocycles. The van der Waals surface area contributed by atoms with Crippen LogP contribution in [0.25, 0.3) is 0 Å². The van der Waals surface area contributed by atoms with Gasteiger partial charge >= 0.3 is 23.5 Å². The van der Waals surface area contributed by atoms with E-state index in [1.165, 1.54) is 0 Å². The second-order valence-electron chi connectivity index (χ2n) is 4.98. The van der Waals surface area contributed by atoms with Crippen molar-refractivity contribution >= 4 is 23.5 Å². The first kappa shape index (κ1) is 17.7. The van der Waals surface area contributed by atoms with Crippen LogP contribution in [-0.4, -0.2) is 23.5 Å². The van der Waals surface area contributed by atoms with Crippen LogP contribution < -0.4 is 4.67 Å². The molecular weight excluding hydrogens is 282 g/mol. The van der Waals surface area contributed by atoms with Crippen LogP contribution in [0.1, 0.15) is 40.5 Å². The summed E-state index contributed by atoms with van der Waals surface area (Å²) in [4.78, 5) is 22.7. The van der Waals surface area contributed by atoms with Gasteiger partial charge in [0.2, 0.25) is 0 Å². The Balaban J connectivity index is 2.59. The average molecular weight is 304 g/mol. The first-order chi connectivity index (χ1) is 10.5. The Kier molecular flexibility index (Phi) is 7.06. The summed E-state index contributed by atoms with van der Waals surface area (Å²) in [7, 11) is 0. The van der Waals surface area contributed by atoms with Crippen LogP contribution in [0.2, 0.25) is 0 Å². The molecule has 0 unspecified atom stereocenters. The fourth-order valence-electron chi connectivity index (χ4n) is 1.46. The largest absolute Gasteiger partial charge is 0.495 e. The number of esters is 2. The number of hydrogen-bond acceptors (Lipinski definition) is 4. The summed E-state index contributed by atoms with van der Waals surface area (Å²) in [5.74, 6) is 0.0520. The topological polar surface area (TPSA) is 66.7 Å². The summed E-state index contributed by atoms with van der Waals surface area (Å²) >= 11 is 0. The minimum atomic E-state index is -0.303. The lowest BCUT2D eigenvalue weighted by molar-refractivity contribution is -0.139. The third-order valence-electron chi connectivity index (χ3n) is 2.76. The van der Waals surface area contributed by atoms with Crippen molar-refractivity contribution in [3.63, 3.8) is 0 Å². The lowest BCUT2D eigenvalue weighted by Crippen LogP contribution is -2.16. The number of carbonyl (C=O) groups is 2. The molecule has 0 radical (unpaired) electrons. The van der Waals surface area contributed by atoms with E-state index in [0.29, 0.717) is 24.5 Å². The molecule has 5 heteroatoms. The van der Waals surface area contributed by atoms with Crippen LogP contribution in [0.15, 0.2) is 36.1 Å². The Morgan fingerprint density at radius 3 is 2.64 bits per heavy atom. The molecule has 118 valence electrons. The molecule has 1 aliphatic heterocycles. The molecule has 0 spiro atoms. The van der Waals surface area contributed by atoms with Crippen LogP contribution in [0.3, 0.4) is 0 Å². The Morgan fingerprint density at radius 1 is 1.32 bits per heavy atom. The highest BCUT2D eigenvalue weighted by atomic mass is 16.5. The van der Waals surface area contributed by atoms with Crippen LogP contribution in [0, 0.1) is 5.92 Å². The van der Waals surface area contributed by atoms with Crippen LogP contribution in [0.5, 0.6) is 0 Å². The van der Waals surface area contributed by atoms with E-state index in [9.17, 15) is 9.59 Å². The van der Waals surface area contributed by atoms with Crippen molar-refractivity contribution < 1.29 is 19.1 Å². The molecule has 0 atom stereocenters. The van der Waals surface area contributed by atoms with E-state index >= 15 is 0 Å². The van der Waals surface area contributed by atoms with E-state index in [1.807, 2.05) is 6.08 Å². The summed E-state index contributed by atoms with van der Waals surface area (Å²) in [5.41, 5.74) is 0.778. The second-order valence-corrected chi connectivity index (χ2v) is 4.98. The van der Waals surface area contributed by atoms with Gasteiger partial charge in [-0.2, -0.15) is 0 Å². The van der Waals surface area contributed by atoms with Crippen molar-refractivity contribution in [3.8, 4) is 0 Å². The Morgan fingerprint density at radius 2 is 2.05 bits per heavy atom. The van der Waals surface area contributed by atoms with E-state index in [1.54, 1.807) is 52.0 Å². The van der Waals surface area contributed by atoms with Crippen molar-refractivity contribution in [2.75, 3.05) is 0 Å². The van der Waals surface area contributed by atoms with Gasteiger partial charge in [0.1, 0.15) is 5.76 Å². The quantitative estimate of drug-likeness (QED) is 0.327. The zero-order valence-electron chi connectivity index (χ0n) is 13.5. The molecule has 0 aromatic heterocycles. The van der Waals surface area contributed by atoms with Crippen molar-refractivity contribution in [3.05, 3.63) is 36.1 Å². The third-order valence-corrected chi connectivity index (χ3v) is 2.76. The zero-order valence-corrected chi connectivity index (χ0v) is 13.5. The van der Waals surface area contributed by atoms with Gasteiger partial charge in [0.25, 0.3) is 0 Å². The second kappa shape index (κ2) is 8.80. The molecule has 22 heavy (non-hydrogen) atoms. The molecule has 0 aliphatic carbocycles. The number of carbonyl (C=O) groups excluding carboxylic acids is 2. The van der Waals surface area contributed by atoms with E-state index < -0.39 is 0 Å². The van der Waals surface area contributed by atoms with Gasteiger partial charge in [-0.15, -0.1) is 0 Å². The lowest BCUT2D eigenvalue weighted by atomic mass is 10.2. The molecule has 0 bridgehead atoms. The Bertz CT molecular complexity index is 588. The number of ether oxygens (including phenoxy) is 2. The summed E-state index contributed by atoms with van der Waals surface area (Å²) < 4.78 is 14.4. The van der Waals surface area contributed by atoms with Crippen molar-refractivity contribution in [2.24, 2.45) is 5.92 Å². The molecule has 0 saturated carbocycles. The highest BCUT2D eigenvalue weighted by molar-refractivity contribution is 6.10. The normalized spacial score (nSPS) is 14.3. The maximum Gasteiger partial charge on any atom is 0.495 e. The predicted molar refractivity (Wildman–Crippen MR) is 86.1 cm³/mol. The van der Waals surface area contributed by atoms with Gasteiger partial charge in [0, 0.05) is 12.5 Å². The average Bonchev–Trinajstić information content (AvgIpc) is 2.93. The van der Waals surface area contributed by atoms with Crippen molar-refractivity contribution in [2.45, 2.75) is 40.5 Å². The summed E-state index contributed by atoms with van der Waals surface area (Å²) in [5, 5.41) is 0. The molecule has 0 amide bonds. The fourth-order valence-corrected chi connectivity index (χ4v) is 1.46. The molecule has 0 N–H and O–H groups in total. The molecule has 1 aliphatic rings. The van der Waals surface area contributed by atoms with E-state index in [4.69, 9.17) is 9.47 Å².